The Hall–Kier alpha value is -1.67. The second kappa shape index (κ2) is 9.32. The average Bonchev–Trinajstić information content (AvgIpc) is 3.17. The lowest BCUT2D eigenvalue weighted by Gasteiger charge is -2.35. The average molecular weight is 366 g/mol. The van der Waals surface area contributed by atoms with Crippen LogP contribution in [0.15, 0.2) is 0 Å². The first kappa shape index (κ1) is 19.1. The Bertz CT molecular complexity index is 507. The summed E-state index contributed by atoms with van der Waals surface area (Å²) >= 11 is 0. The second-order valence-electron chi connectivity index (χ2n) is 7.46. The van der Waals surface area contributed by atoms with Crippen molar-refractivity contribution in [3.63, 3.8) is 0 Å². The Morgan fingerprint density at radius 3 is 2.31 bits per heavy atom. The van der Waals surface area contributed by atoms with Gasteiger partial charge in [-0.15, -0.1) is 0 Å². The summed E-state index contributed by atoms with van der Waals surface area (Å²) in [6, 6.07) is -0.210. The van der Waals surface area contributed by atoms with E-state index < -0.39 is 6.03 Å². The number of ether oxygens (including phenoxy) is 1. The Balaban J connectivity index is 1.33. The standard InChI is InChI=1S/C18H30N4O4/c23-16(20-18(25)19-14-5-2-1-3-6-14)13-21-8-10-22(11-9-21)17(24)15-7-4-12-26-15/h14-15H,1-13H2,(H2,19,20,23,25)/t15-/m0/s1. The van der Waals surface area contributed by atoms with Gasteiger partial charge in [0.1, 0.15) is 6.10 Å². The Labute approximate surface area is 154 Å². The van der Waals surface area contributed by atoms with E-state index in [1.807, 2.05) is 9.80 Å². The van der Waals surface area contributed by atoms with Gasteiger partial charge in [0.05, 0.1) is 6.54 Å². The lowest BCUT2D eigenvalue weighted by atomic mass is 9.96. The van der Waals surface area contributed by atoms with E-state index in [9.17, 15) is 14.4 Å². The number of hydrogen-bond donors (Lipinski definition) is 2. The van der Waals surface area contributed by atoms with Crippen molar-refractivity contribution >= 4 is 17.8 Å². The fourth-order valence-corrected chi connectivity index (χ4v) is 3.94. The largest absolute Gasteiger partial charge is 0.368 e. The zero-order chi connectivity index (χ0) is 18.4. The smallest absolute Gasteiger partial charge is 0.321 e. The third-order valence-corrected chi connectivity index (χ3v) is 5.45. The summed E-state index contributed by atoms with van der Waals surface area (Å²) in [6.45, 7) is 3.31. The van der Waals surface area contributed by atoms with Crippen molar-refractivity contribution in [2.45, 2.75) is 57.1 Å². The highest BCUT2D eigenvalue weighted by Gasteiger charge is 2.30. The third kappa shape index (κ3) is 5.41. The maximum Gasteiger partial charge on any atom is 0.321 e. The van der Waals surface area contributed by atoms with Crippen LogP contribution >= 0.6 is 0 Å². The van der Waals surface area contributed by atoms with Crippen molar-refractivity contribution in [3.8, 4) is 0 Å². The molecule has 8 nitrogen and oxygen atoms in total. The van der Waals surface area contributed by atoms with E-state index in [0.717, 1.165) is 38.5 Å². The molecule has 8 heteroatoms. The van der Waals surface area contributed by atoms with Crippen LogP contribution in [0, 0.1) is 0 Å². The summed E-state index contributed by atoms with van der Waals surface area (Å²) in [6.07, 6.45) is 6.93. The highest BCUT2D eigenvalue weighted by Crippen LogP contribution is 2.17. The van der Waals surface area contributed by atoms with E-state index in [1.54, 1.807) is 0 Å². The molecule has 146 valence electrons. The number of rotatable bonds is 4. The van der Waals surface area contributed by atoms with Gasteiger partial charge < -0.3 is 15.0 Å². The van der Waals surface area contributed by atoms with E-state index in [4.69, 9.17) is 4.74 Å². The van der Waals surface area contributed by atoms with Crippen LogP contribution in [0.3, 0.4) is 0 Å². The van der Waals surface area contributed by atoms with Crippen LogP contribution in [-0.4, -0.2) is 79.1 Å². The van der Waals surface area contributed by atoms with Crippen LogP contribution < -0.4 is 10.6 Å². The van der Waals surface area contributed by atoms with Crippen LogP contribution in [0.25, 0.3) is 0 Å². The third-order valence-electron chi connectivity index (χ3n) is 5.45. The Morgan fingerprint density at radius 2 is 1.65 bits per heavy atom. The normalized spacial score (nSPS) is 25.1. The lowest BCUT2D eigenvalue weighted by molar-refractivity contribution is -0.142. The van der Waals surface area contributed by atoms with Crippen molar-refractivity contribution in [2.24, 2.45) is 0 Å². The number of urea groups is 1. The summed E-state index contributed by atoms with van der Waals surface area (Å²) in [7, 11) is 0. The van der Waals surface area contributed by atoms with Crippen LogP contribution in [0.1, 0.15) is 44.9 Å². The Morgan fingerprint density at radius 1 is 0.923 bits per heavy atom. The predicted octanol–water partition coefficient (Wildman–Crippen LogP) is 0.468. The molecule has 0 bridgehead atoms. The van der Waals surface area contributed by atoms with Gasteiger partial charge in [0.25, 0.3) is 5.91 Å². The Kier molecular flexibility index (Phi) is 6.85. The van der Waals surface area contributed by atoms with Crippen LogP contribution in [0.4, 0.5) is 4.79 Å². The van der Waals surface area contributed by atoms with Crippen LogP contribution in [0.5, 0.6) is 0 Å². The van der Waals surface area contributed by atoms with Crippen molar-refractivity contribution in [3.05, 3.63) is 0 Å². The van der Waals surface area contributed by atoms with Gasteiger partial charge in [-0.25, -0.2) is 4.79 Å². The van der Waals surface area contributed by atoms with E-state index in [1.165, 1.54) is 6.42 Å². The molecular weight excluding hydrogens is 336 g/mol. The number of amides is 4. The molecular formula is C18H30N4O4. The molecule has 0 aromatic heterocycles. The molecule has 3 rings (SSSR count). The van der Waals surface area contributed by atoms with Gasteiger partial charge >= 0.3 is 6.03 Å². The minimum Gasteiger partial charge on any atom is -0.368 e. The molecule has 1 atom stereocenters. The van der Waals surface area contributed by atoms with Gasteiger partial charge in [-0.1, -0.05) is 19.3 Å². The lowest BCUT2D eigenvalue weighted by Crippen LogP contribution is -2.54. The molecule has 3 fully saturated rings. The molecule has 0 radical (unpaired) electrons. The van der Waals surface area contributed by atoms with Crippen LogP contribution in [0.2, 0.25) is 0 Å². The monoisotopic (exact) mass is 366 g/mol. The van der Waals surface area contributed by atoms with Crippen molar-refractivity contribution in [1.82, 2.24) is 20.4 Å². The molecule has 26 heavy (non-hydrogen) atoms. The van der Waals surface area contributed by atoms with Gasteiger partial charge in [0.2, 0.25) is 5.91 Å². The molecule has 0 aromatic carbocycles. The SMILES string of the molecule is O=C(CN1CCN(C(=O)[C@@H]2CCCO2)CC1)NC(=O)NC1CCCCC1. The van der Waals surface area contributed by atoms with Crippen LogP contribution in [-0.2, 0) is 14.3 Å². The summed E-state index contributed by atoms with van der Waals surface area (Å²) < 4.78 is 5.45. The predicted molar refractivity (Wildman–Crippen MR) is 95.5 cm³/mol. The number of nitrogens with zero attached hydrogens (tertiary/aromatic N) is 2. The first-order valence-electron chi connectivity index (χ1n) is 9.85. The fourth-order valence-electron chi connectivity index (χ4n) is 3.94. The zero-order valence-corrected chi connectivity index (χ0v) is 15.4. The number of carbonyl (C=O) groups excluding carboxylic acids is 3. The maximum atomic E-state index is 12.3. The molecule has 4 amide bonds. The summed E-state index contributed by atoms with van der Waals surface area (Å²) in [5.74, 6) is -0.226. The van der Waals surface area contributed by atoms with Crippen molar-refractivity contribution < 1.29 is 19.1 Å². The van der Waals surface area contributed by atoms with E-state index in [0.29, 0.717) is 32.8 Å². The number of imide groups is 1. The highest BCUT2D eigenvalue weighted by atomic mass is 16.5. The molecule has 2 aliphatic heterocycles. The maximum absolute atomic E-state index is 12.3. The fraction of sp³-hybridized carbons (Fsp3) is 0.833. The molecule has 0 spiro atoms. The number of carbonyl (C=O) groups is 3. The van der Waals surface area contributed by atoms with Gasteiger partial charge in [-0.3, -0.25) is 19.8 Å². The van der Waals surface area contributed by atoms with Gasteiger partial charge in [-0.2, -0.15) is 0 Å². The number of nitrogens with one attached hydrogen (secondary N) is 2. The summed E-state index contributed by atoms with van der Waals surface area (Å²) in [5, 5.41) is 5.31. The van der Waals surface area contributed by atoms with Crippen molar-refractivity contribution in [1.29, 1.82) is 0 Å². The molecule has 2 N–H and O–H groups in total. The van der Waals surface area contributed by atoms with Gasteiger partial charge in [-0.05, 0) is 25.7 Å². The minimum atomic E-state index is -0.394. The quantitative estimate of drug-likeness (QED) is 0.755. The summed E-state index contributed by atoms with van der Waals surface area (Å²) in [4.78, 5) is 40.1. The minimum absolute atomic E-state index is 0.0680. The second-order valence-corrected chi connectivity index (χ2v) is 7.46. The molecule has 0 aromatic rings. The number of piperazine rings is 1. The topological polar surface area (TPSA) is 91.0 Å². The molecule has 0 unspecified atom stereocenters. The molecule has 3 aliphatic rings. The van der Waals surface area contributed by atoms with Crippen molar-refractivity contribution in [2.75, 3.05) is 39.3 Å². The first-order valence-corrected chi connectivity index (χ1v) is 9.85. The zero-order valence-electron chi connectivity index (χ0n) is 15.4. The molecule has 2 saturated heterocycles. The van der Waals surface area contributed by atoms with Gasteiger partial charge in [0.15, 0.2) is 0 Å². The highest BCUT2D eigenvalue weighted by molar-refractivity contribution is 5.95. The summed E-state index contributed by atoms with van der Waals surface area (Å²) in [5.41, 5.74) is 0. The van der Waals surface area contributed by atoms with E-state index in [-0.39, 0.29) is 30.5 Å². The number of hydrogen-bond acceptors (Lipinski definition) is 5. The van der Waals surface area contributed by atoms with Gasteiger partial charge in [0, 0.05) is 38.8 Å². The van der Waals surface area contributed by atoms with E-state index >= 15 is 0 Å². The first-order chi connectivity index (χ1) is 12.6. The van der Waals surface area contributed by atoms with E-state index in [2.05, 4.69) is 10.6 Å². The molecule has 1 saturated carbocycles. The molecule has 2 heterocycles. The molecule has 1 aliphatic carbocycles.